The van der Waals surface area contributed by atoms with Gasteiger partial charge in [0, 0.05) is 0 Å². The SMILES string of the molecule is COc1cccc(C(=O)N[C@@H](C)c2cccc3ccccc23)c1Cl. The Balaban J connectivity index is 1.89. The van der Waals surface area contributed by atoms with E-state index >= 15 is 0 Å². The lowest BCUT2D eigenvalue weighted by atomic mass is 9.99. The highest BCUT2D eigenvalue weighted by Crippen LogP contribution is 2.29. The molecule has 0 heterocycles. The molecule has 0 saturated heterocycles. The fourth-order valence-corrected chi connectivity index (χ4v) is 3.11. The molecule has 24 heavy (non-hydrogen) atoms. The lowest BCUT2D eigenvalue weighted by Crippen LogP contribution is -2.27. The standard InChI is InChI=1S/C20H18ClNO2/c1-13(15-10-5-8-14-7-3-4-9-16(14)15)22-20(23)17-11-6-12-18(24-2)19(17)21/h3-13H,1-2H3,(H,22,23)/t13-/m0/s1. The fourth-order valence-electron chi connectivity index (χ4n) is 2.82. The van der Waals surface area contributed by atoms with Crippen molar-refractivity contribution in [3.63, 3.8) is 0 Å². The molecule has 1 amide bonds. The van der Waals surface area contributed by atoms with E-state index in [-0.39, 0.29) is 11.9 Å². The Bertz CT molecular complexity index is 886. The molecule has 0 aliphatic heterocycles. The molecule has 0 aromatic heterocycles. The van der Waals surface area contributed by atoms with Crippen LogP contribution in [0.4, 0.5) is 0 Å². The number of methoxy groups -OCH3 is 1. The summed E-state index contributed by atoms with van der Waals surface area (Å²) in [7, 11) is 1.53. The van der Waals surface area contributed by atoms with Gasteiger partial charge in [0.25, 0.3) is 5.91 Å². The molecular weight excluding hydrogens is 322 g/mol. The topological polar surface area (TPSA) is 38.3 Å². The number of rotatable bonds is 4. The Labute approximate surface area is 146 Å². The van der Waals surface area contributed by atoms with E-state index in [1.807, 2.05) is 31.2 Å². The maximum absolute atomic E-state index is 12.6. The average Bonchev–Trinajstić information content (AvgIpc) is 2.61. The Morgan fingerprint density at radius 2 is 1.75 bits per heavy atom. The van der Waals surface area contributed by atoms with Gasteiger partial charge in [-0.05, 0) is 35.4 Å². The van der Waals surface area contributed by atoms with Crippen molar-refractivity contribution in [2.24, 2.45) is 0 Å². The van der Waals surface area contributed by atoms with E-state index in [9.17, 15) is 4.79 Å². The van der Waals surface area contributed by atoms with E-state index in [1.54, 1.807) is 18.2 Å². The van der Waals surface area contributed by atoms with Crippen molar-refractivity contribution in [1.29, 1.82) is 0 Å². The molecule has 3 nitrogen and oxygen atoms in total. The van der Waals surface area contributed by atoms with Gasteiger partial charge in [-0.2, -0.15) is 0 Å². The summed E-state index contributed by atoms with van der Waals surface area (Å²) in [6.07, 6.45) is 0. The number of amides is 1. The van der Waals surface area contributed by atoms with Crippen molar-refractivity contribution >= 4 is 28.3 Å². The summed E-state index contributed by atoms with van der Waals surface area (Å²) in [5.74, 6) is 0.265. The van der Waals surface area contributed by atoms with E-state index < -0.39 is 0 Å². The zero-order chi connectivity index (χ0) is 17.1. The summed E-state index contributed by atoms with van der Waals surface area (Å²) in [5, 5.41) is 5.62. The van der Waals surface area contributed by atoms with Crippen LogP contribution in [0, 0.1) is 0 Å². The van der Waals surface area contributed by atoms with Crippen LogP contribution in [-0.2, 0) is 0 Å². The third-order valence-electron chi connectivity index (χ3n) is 4.07. The Hall–Kier alpha value is -2.52. The minimum Gasteiger partial charge on any atom is -0.495 e. The van der Waals surface area contributed by atoms with E-state index in [1.165, 1.54) is 7.11 Å². The maximum Gasteiger partial charge on any atom is 0.253 e. The van der Waals surface area contributed by atoms with Gasteiger partial charge in [-0.3, -0.25) is 4.79 Å². The fraction of sp³-hybridized carbons (Fsp3) is 0.150. The van der Waals surface area contributed by atoms with Crippen LogP contribution in [0.15, 0.2) is 60.7 Å². The van der Waals surface area contributed by atoms with Gasteiger partial charge in [-0.25, -0.2) is 0 Å². The summed E-state index contributed by atoms with van der Waals surface area (Å²) in [6, 6.07) is 19.2. The highest BCUT2D eigenvalue weighted by atomic mass is 35.5. The first-order valence-corrected chi connectivity index (χ1v) is 8.10. The van der Waals surface area contributed by atoms with Gasteiger partial charge in [-0.15, -0.1) is 0 Å². The number of carbonyl (C=O) groups is 1. The van der Waals surface area contributed by atoms with Crippen LogP contribution in [0.2, 0.25) is 5.02 Å². The molecule has 0 radical (unpaired) electrons. The van der Waals surface area contributed by atoms with Crippen LogP contribution in [0.5, 0.6) is 5.75 Å². The van der Waals surface area contributed by atoms with Crippen LogP contribution in [-0.4, -0.2) is 13.0 Å². The second-order valence-corrected chi connectivity index (χ2v) is 5.96. The first kappa shape index (κ1) is 16.3. The molecule has 3 aromatic rings. The lowest BCUT2D eigenvalue weighted by molar-refractivity contribution is 0.0940. The first-order valence-electron chi connectivity index (χ1n) is 7.73. The Morgan fingerprint density at radius 1 is 1.04 bits per heavy atom. The Kier molecular flexibility index (Phi) is 4.72. The van der Waals surface area contributed by atoms with Crippen LogP contribution in [0.1, 0.15) is 28.9 Å². The highest BCUT2D eigenvalue weighted by Gasteiger charge is 2.17. The number of benzene rings is 3. The molecule has 0 unspecified atom stereocenters. The summed E-state index contributed by atoms with van der Waals surface area (Å²) < 4.78 is 5.17. The Morgan fingerprint density at radius 3 is 2.54 bits per heavy atom. The van der Waals surface area contributed by atoms with E-state index in [0.29, 0.717) is 16.3 Å². The van der Waals surface area contributed by atoms with Crippen molar-refractivity contribution in [3.05, 3.63) is 76.8 Å². The minimum atomic E-state index is -0.223. The summed E-state index contributed by atoms with van der Waals surface area (Å²) in [4.78, 5) is 12.6. The maximum atomic E-state index is 12.6. The number of nitrogens with one attached hydrogen (secondary N) is 1. The second kappa shape index (κ2) is 6.93. The van der Waals surface area contributed by atoms with Gasteiger partial charge in [-0.1, -0.05) is 60.1 Å². The quantitative estimate of drug-likeness (QED) is 0.727. The van der Waals surface area contributed by atoms with Crippen LogP contribution in [0.25, 0.3) is 10.8 Å². The molecule has 0 aliphatic carbocycles. The van der Waals surface area contributed by atoms with Crippen molar-refractivity contribution in [2.75, 3.05) is 7.11 Å². The number of halogens is 1. The molecule has 0 spiro atoms. The van der Waals surface area contributed by atoms with Gasteiger partial charge in [0.05, 0.1) is 23.7 Å². The lowest BCUT2D eigenvalue weighted by Gasteiger charge is -2.17. The average molecular weight is 340 g/mol. The molecule has 122 valence electrons. The van der Waals surface area contributed by atoms with Gasteiger partial charge in [0.2, 0.25) is 0 Å². The molecule has 3 aromatic carbocycles. The second-order valence-electron chi connectivity index (χ2n) is 5.59. The third kappa shape index (κ3) is 3.08. The minimum absolute atomic E-state index is 0.147. The van der Waals surface area contributed by atoms with E-state index in [4.69, 9.17) is 16.3 Å². The third-order valence-corrected chi connectivity index (χ3v) is 4.46. The predicted molar refractivity (Wildman–Crippen MR) is 97.8 cm³/mol. The normalized spacial score (nSPS) is 12.0. The first-order chi connectivity index (χ1) is 11.6. The predicted octanol–water partition coefficient (Wildman–Crippen LogP) is 4.99. The number of carbonyl (C=O) groups excluding carboxylic acids is 1. The molecular formula is C20H18ClNO2. The summed E-state index contributed by atoms with van der Waals surface area (Å²) in [5.41, 5.74) is 1.48. The smallest absolute Gasteiger partial charge is 0.253 e. The summed E-state index contributed by atoms with van der Waals surface area (Å²) >= 11 is 6.24. The van der Waals surface area contributed by atoms with E-state index in [2.05, 4.69) is 23.5 Å². The molecule has 4 heteroatoms. The van der Waals surface area contributed by atoms with E-state index in [0.717, 1.165) is 16.3 Å². The van der Waals surface area contributed by atoms with Crippen molar-refractivity contribution in [3.8, 4) is 5.75 Å². The van der Waals surface area contributed by atoms with Crippen LogP contribution < -0.4 is 10.1 Å². The number of ether oxygens (including phenoxy) is 1. The van der Waals surface area contributed by atoms with Gasteiger partial charge >= 0.3 is 0 Å². The van der Waals surface area contributed by atoms with Crippen molar-refractivity contribution in [1.82, 2.24) is 5.32 Å². The van der Waals surface area contributed by atoms with Crippen molar-refractivity contribution < 1.29 is 9.53 Å². The summed E-state index contributed by atoms with van der Waals surface area (Å²) in [6.45, 7) is 1.97. The number of fused-ring (bicyclic) bond motifs is 1. The molecule has 0 aliphatic rings. The highest BCUT2D eigenvalue weighted by molar-refractivity contribution is 6.35. The van der Waals surface area contributed by atoms with Gasteiger partial charge in [0.1, 0.15) is 5.75 Å². The largest absolute Gasteiger partial charge is 0.495 e. The monoisotopic (exact) mass is 339 g/mol. The zero-order valence-electron chi connectivity index (χ0n) is 13.5. The van der Waals surface area contributed by atoms with Crippen molar-refractivity contribution in [2.45, 2.75) is 13.0 Å². The molecule has 3 rings (SSSR count). The molecule has 0 saturated carbocycles. The van der Waals surface area contributed by atoms with Crippen LogP contribution >= 0.6 is 11.6 Å². The molecule has 1 N–H and O–H groups in total. The van der Waals surface area contributed by atoms with Gasteiger partial charge in [0.15, 0.2) is 0 Å². The molecule has 0 bridgehead atoms. The van der Waals surface area contributed by atoms with Gasteiger partial charge < -0.3 is 10.1 Å². The molecule has 0 fully saturated rings. The van der Waals surface area contributed by atoms with Crippen LogP contribution in [0.3, 0.4) is 0 Å². The zero-order valence-corrected chi connectivity index (χ0v) is 14.3. The number of hydrogen-bond acceptors (Lipinski definition) is 2. The number of hydrogen-bond donors (Lipinski definition) is 1. The molecule has 1 atom stereocenters.